The summed E-state index contributed by atoms with van der Waals surface area (Å²) in [5.74, 6) is -0.182. The fraction of sp³-hybridized carbons (Fsp3) is 0.500. The monoisotopic (exact) mass is 261 g/mol. The Bertz CT molecular complexity index is 409. The summed E-state index contributed by atoms with van der Waals surface area (Å²) in [6, 6.07) is 6.03. The predicted octanol–water partition coefficient (Wildman–Crippen LogP) is 2.62. The van der Waals surface area contributed by atoms with Crippen LogP contribution in [-0.4, -0.2) is 19.5 Å². The highest BCUT2D eigenvalue weighted by atomic mass is 19.4. The normalized spacial score (nSPS) is 24.2. The molecule has 100 valence electrons. The van der Waals surface area contributed by atoms with Crippen molar-refractivity contribution in [1.29, 1.82) is 0 Å². The van der Waals surface area contributed by atoms with Gasteiger partial charge >= 0.3 is 6.36 Å². The Labute approximate surface area is 103 Å². The molecule has 1 saturated heterocycles. The smallest absolute Gasteiger partial charge is 0.405 e. The van der Waals surface area contributed by atoms with Crippen LogP contribution in [0.3, 0.4) is 0 Å². The van der Waals surface area contributed by atoms with Crippen LogP contribution < -0.4 is 10.5 Å². The van der Waals surface area contributed by atoms with Gasteiger partial charge in [-0.25, -0.2) is 0 Å². The van der Waals surface area contributed by atoms with Crippen molar-refractivity contribution in [3.05, 3.63) is 29.8 Å². The van der Waals surface area contributed by atoms with Crippen LogP contribution in [0.25, 0.3) is 0 Å². The number of benzene rings is 1. The van der Waals surface area contributed by atoms with E-state index < -0.39 is 12.5 Å². The Balaban J connectivity index is 2.27. The Morgan fingerprint density at radius 2 is 2.06 bits per heavy atom. The summed E-state index contributed by atoms with van der Waals surface area (Å²) in [7, 11) is 0. The van der Waals surface area contributed by atoms with E-state index in [1.807, 2.05) is 0 Å². The number of nitrogens with two attached hydrogens (primary N) is 1. The number of halogens is 3. The number of hydrogen-bond acceptors (Lipinski definition) is 3. The highest BCUT2D eigenvalue weighted by Crippen LogP contribution is 2.39. The summed E-state index contributed by atoms with van der Waals surface area (Å²) in [5.41, 5.74) is 6.00. The van der Waals surface area contributed by atoms with Crippen molar-refractivity contribution >= 4 is 0 Å². The molecule has 0 aromatic heterocycles. The largest absolute Gasteiger partial charge is 0.573 e. The molecule has 18 heavy (non-hydrogen) atoms. The minimum Gasteiger partial charge on any atom is -0.405 e. The molecule has 1 aromatic rings. The first-order valence-electron chi connectivity index (χ1n) is 5.67. The number of alkyl halides is 3. The molecule has 0 amide bonds. The number of ether oxygens (including phenoxy) is 2. The van der Waals surface area contributed by atoms with Gasteiger partial charge in [-0.3, -0.25) is 0 Å². The topological polar surface area (TPSA) is 44.5 Å². The van der Waals surface area contributed by atoms with Crippen molar-refractivity contribution in [2.24, 2.45) is 11.7 Å². The van der Waals surface area contributed by atoms with Crippen molar-refractivity contribution in [2.75, 3.05) is 13.2 Å². The zero-order valence-corrected chi connectivity index (χ0v) is 9.61. The van der Waals surface area contributed by atoms with Crippen LogP contribution in [0.1, 0.15) is 18.1 Å². The van der Waals surface area contributed by atoms with Gasteiger partial charge < -0.3 is 15.2 Å². The zero-order valence-electron chi connectivity index (χ0n) is 9.61. The maximum Gasteiger partial charge on any atom is 0.573 e. The van der Waals surface area contributed by atoms with E-state index in [2.05, 4.69) is 4.74 Å². The van der Waals surface area contributed by atoms with Crippen molar-refractivity contribution in [3.63, 3.8) is 0 Å². The van der Waals surface area contributed by atoms with Crippen LogP contribution in [0.4, 0.5) is 13.2 Å². The quantitative estimate of drug-likeness (QED) is 0.909. The van der Waals surface area contributed by atoms with Crippen molar-refractivity contribution in [2.45, 2.75) is 18.9 Å². The average molecular weight is 261 g/mol. The zero-order chi connectivity index (χ0) is 13.2. The van der Waals surface area contributed by atoms with E-state index in [1.165, 1.54) is 12.1 Å². The highest BCUT2D eigenvalue weighted by Gasteiger charge is 2.35. The predicted molar refractivity (Wildman–Crippen MR) is 59.0 cm³/mol. The standard InChI is InChI=1S/C12H14F3NO2/c13-12(14,15)18-10-4-2-1-3-9(10)11-8(7-16)5-6-17-11/h1-4,8,11H,5-7,16H2. The molecule has 2 N–H and O–H groups in total. The minimum atomic E-state index is -4.70. The van der Waals surface area contributed by atoms with Gasteiger partial charge in [0.1, 0.15) is 5.75 Å². The lowest BCUT2D eigenvalue weighted by atomic mass is 9.95. The second-order valence-electron chi connectivity index (χ2n) is 4.16. The van der Waals surface area contributed by atoms with Gasteiger partial charge in [0.05, 0.1) is 6.10 Å². The molecule has 2 rings (SSSR count). The van der Waals surface area contributed by atoms with Crippen LogP contribution >= 0.6 is 0 Å². The van der Waals surface area contributed by atoms with Gasteiger partial charge in [0.25, 0.3) is 0 Å². The van der Waals surface area contributed by atoms with Crippen molar-refractivity contribution in [1.82, 2.24) is 0 Å². The molecule has 3 nitrogen and oxygen atoms in total. The van der Waals surface area contributed by atoms with Crippen LogP contribution in [-0.2, 0) is 4.74 Å². The molecule has 1 fully saturated rings. The molecule has 1 aromatic carbocycles. The van der Waals surface area contributed by atoms with Gasteiger partial charge in [-0.2, -0.15) is 0 Å². The first kappa shape index (κ1) is 13.2. The SMILES string of the molecule is NCC1CCOC1c1ccccc1OC(F)(F)F. The lowest BCUT2D eigenvalue weighted by molar-refractivity contribution is -0.275. The Hall–Kier alpha value is -1.27. The summed E-state index contributed by atoms with van der Waals surface area (Å²) in [4.78, 5) is 0. The van der Waals surface area contributed by atoms with Crippen LogP contribution in [0.2, 0.25) is 0 Å². The number of hydrogen-bond donors (Lipinski definition) is 1. The molecule has 0 spiro atoms. The molecular formula is C12H14F3NO2. The number of rotatable bonds is 3. The lowest BCUT2D eigenvalue weighted by Crippen LogP contribution is -2.21. The molecule has 0 aliphatic carbocycles. The van der Waals surface area contributed by atoms with E-state index in [9.17, 15) is 13.2 Å². The van der Waals surface area contributed by atoms with E-state index >= 15 is 0 Å². The summed E-state index contributed by atoms with van der Waals surface area (Å²) in [5, 5.41) is 0. The average Bonchev–Trinajstić information content (AvgIpc) is 2.75. The maximum atomic E-state index is 12.3. The van der Waals surface area contributed by atoms with Gasteiger partial charge in [-0.15, -0.1) is 13.2 Å². The summed E-state index contributed by atoms with van der Waals surface area (Å²) < 4.78 is 46.4. The second-order valence-corrected chi connectivity index (χ2v) is 4.16. The fourth-order valence-corrected chi connectivity index (χ4v) is 2.15. The first-order valence-corrected chi connectivity index (χ1v) is 5.67. The molecule has 1 aliphatic heterocycles. The molecule has 2 atom stereocenters. The first-order chi connectivity index (χ1) is 8.51. The number of para-hydroxylation sites is 1. The van der Waals surface area contributed by atoms with Crippen LogP contribution in [0.5, 0.6) is 5.75 Å². The van der Waals surface area contributed by atoms with E-state index in [1.54, 1.807) is 12.1 Å². The lowest BCUT2D eigenvalue weighted by Gasteiger charge is -2.21. The molecule has 0 radical (unpaired) electrons. The molecule has 0 bridgehead atoms. The van der Waals surface area contributed by atoms with Gasteiger partial charge in [0.15, 0.2) is 0 Å². The van der Waals surface area contributed by atoms with Crippen LogP contribution in [0, 0.1) is 5.92 Å². The Morgan fingerprint density at radius 1 is 1.33 bits per heavy atom. The Kier molecular flexibility index (Phi) is 3.77. The van der Waals surface area contributed by atoms with Gasteiger partial charge in [-0.05, 0) is 19.0 Å². The Morgan fingerprint density at radius 3 is 2.72 bits per heavy atom. The molecule has 2 unspecified atom stereocenters. The summed E-state index contributed by atoms with van der Waals surface area (Å²) >= 11 is 0. The van der Waals surface area contributed by atoms with E-state index in [0.717, 1.165) is 6.42 Å². The third-order valence-corrected chi connectivity index (χ3v) is 2.97. The minimum absolute atomic E-state index is 0.0305. The molecular weight excluding hydrogens is 247 g/mol. The van der Waals surface area contributed by atoms with Crippen molar-refractivity contribution < 1.29 is 22.6 Å². The fourth-order valence-electron chi connectivity index (χ4n) is 2.15. The summed E-state index contributed by atoms with van der Waals surface area (Å²) in [6.45, 7) is 0.887. The van der Waals surface area contributed by atoms with Crippen LogP contribution in [0.15, 0.2) is 24.3 Å². The van der Waals surface area contributed by atoms with E-state index in [0.29, 0.717) is 18.7 Å². The van der Waals surface area contributed by atoms with Gasteiger partial charge in [0.2, 0.25) is 0 Å². The summed E-state index contributed by atoms with van der Waals surface area (Å²) in [6.07, 6.45) is -4.37. The maximum absolute atomic E-state index is 12.3. The molecule has 1 heterocycles. The third kappa shape index (κ3) is 2.94. The molecule has 6 heteroatoms. The van der Waals surface area contributed by atoms with Gasteiger partial charge in [0, 0.05) is 18.1 Å². The van der Waals surface area contributed by atoms with Crippen molar-refractivity contribution in [3.8, 4) is 5.75 Å². The highest BCUT2D eigenvalue weighted by molar-refractivity contribution is 5.36. The van der Waals surface area contributed by atoms with Gasteiger partial charge in [-0.1, -0.05) is 18.2 Å². The van der Waals surface area contributed by atoms with E-state index in [4.69, 9.17) is 10.5 Å². The third-order valence-electron chi connectivity index (χ3n) is 2.97. The molecule has 1 aliphatic rings. The molecule has 0 saturated carbocycles. The van der Waals surface area contributed by atoms with E-state index in [-0.39, 0.29) is 11.7 Å². The second kappa shape index (κ2) is 5.16.